The molecule has 7 rings (SSSR count). The third kappa shape index (κ3) is 9.44. The second-order valence-corrected chi connectivity index (χ2v) is 20.8. The number of rotatable bonds is 14. The van der Waals surface area contributed by atoms with Gasteiger partial charge in [-0.2, -0.15) is 0 Å². The fourth-order valence-corrected chi connectivity index (χ4v) is 13.1. The first-order valence-electron chi connectivity index (χ1n) is 23.4. The van der Waals surface area contributed by atoms with Gasteiger partial charge in [0, 0.05) is 0 Å². The van der Waals surface area contributed by atoms with Gasteiger partial charge in [-0.15, -0.1) is 0 Å². The molecule has 0 spiro atoms. The van der Waals surface area contributed by atoms with Crippen LogP contribution in [-0.4, -0.2) is 192 Å². The molecule has 3 saturated heterocycles. The molecule has 3 aliphatic heterocycles. The van der Waals surface area contributed by atoms with Crippen LogP contribution in [0, 0.1) is 46.3 Å². The van der Waals surface area contributed by atoms with Gasteiger partial charge in [0.05, 0.1) is 38.1 Å². The minimum atomic E-state index is -1.67. The van der Waals surface area contributed by atoms with E-state index in [1.54, 1.807) is 0 Å². The molecule has 0 bridgehead atoms. The number of allylic oxidation sites excluding steroid dienone is 1. The summed E-state index contributed by atoms with van der Waals surface area (Å²) in [5, 5.41) is 125. The molecule has 1 unspecified atom stereocenters. The summed E-state index contributed by atoms with van der Waals surface area (Å²) in [5.41, 5.74) is 1.13. The quantitative estimate of drug-likeness (QED) is 0.0912. The summed E-state index contributed by atoms with van der Waals surface area (Å²) in [7, 11) is 0. The van der Waals surface area contributed by atoms with E-state index in [0.717, 1.165) is 38.5 Å². The first-order chi connectivity index (χ1) is 29.7. The summed E-state index contributed by atoms with van der Waals surface area (Å²) in [4.78, 5) is 0. The summed E-state index contributed by atoms with van der Waals surface area (Å²) in [6.07, 6.45) is -13.2. The highest BCUT2D eigenvalue weighted by atomic mass is 16.7. The van der Waals surface area contributed by atoms with E-state index < -0.39 is 118 Å². The molecule has 25 atom stereocenters. The molecule has 364 valence electrons. The highest BCUT2D eigenvalue weighted by molar-refractivity contribution is 5.26. The Bertz CT molecular complexity index is 1530. The summed E-state index contributed by atoms with van der Waals surface area (Å²) in [6.45, 7) is 9.35. The van der Waals surface area contributed by atoms with E-state index in [1.165, 1.54) is 5.57 Å². The minimum Gasteiger partial charge on any atom is -0.394 e. The molecule has 3 saturated carbocycles. The Balaban J connectivity index is 0.956. The Hall–Kier alpha value is -0.980. The van der Waals surface area contributed by atoms with E-state index in [4.69, 9.17) is 28.4 Å². The van der Waals surface area contributed by atoms with Gasteiger partial charge in [0.25, 0.3) is 0 Å². The zero-order valence-corrected chi connectivity index (χ0v) is 37.2. The minimum absolute atomic E-state index is 0.0470. The van der Waals surface area contributed by atoms with Crippen LogP contribution in [-0.2, 0) is 28.4 Å². The molecule has 4 aliphatic carbocycles. The predicted octanol–water partition coefficient (Wildman–Crippen LogP) is -1.20. The average Bonchev–Trinajstić information content (AvgIpc) is 3.53. The number of fused-ring (bicyclic) bond motifs is 5. The second kappa shape index (κ2) is 19.9. The van der Waals surface area contributed by atoms with Gasteiger partial charge in [0.15, 0.2) is 18.9 Å². The maximum Gasteiger partial charge on any atom is 0.186 e. The van der Waals surface area contributed by atoms with Crippen LogP contribution in [0.1, 0.15) is 92.4 Å². The van der Waals surface area contributed by atoms with E-state index in [0.29, 0.717) is 37.0 Å². The van der Waals surface area contributed by atoms with E-state index in [2.05, 4.69) is 26.8 Å². The van der Waals surface area contributed by atoms with Crippen molar-refractivity contribution in [2.75, 3.05) is 19.8 Å². The van der Waals surface area contributed by atoms with Crippen molar-refractivity contribution in [1.82, 2.24) is 0 Å². The summed E-state index contributed by atoms with van der Waals surface area (Å²) in [5.74, 6) is 1.42. The lowest BCUT2D eigenvalue weighted by molar-refractivity contribution is -0.336. The van der Waals surface area contributed by atoms with E-state index in [9.17, 15) is 61.3 Å². The summed E-state index contributed by atoms with van der Waals surface area (Å²) < 4.78 is 35.2. The lowest BCUT2D eigenvalue weighted by Crippen LogP contribution is -2.62. The number of ether oxygens (including phenoxy) is 6. The molecule has 0 aromatic heterocycles. The molecule has 6 fully saturated rings. The normalized spacial score (nSPS) is 51.2. The van der Waals surface area contributed by atoms with E-state index >= 15 is 0 Å². The number of hydrogen-bond acceptors (Lipinski definition) is 18. The molecular weight excluding hydrogens is 828 g/mol. The SMILES string of the molecule is CC(C)C(CC[C@@H](C)[C@H]1[C@@H](O)C[C@H]2[C@@H]3CC=C4C[C@@H](O[C@@H]5O[C@H](CO[C@@H]6O[C@H](CO)[C@@H](O)[C@H](O)[C@H]6O)[C@@H](O)[C@H](O)[C@H]5O)CC[C@]4(C)[C@H]3CC[C@]12C)O[C@@H]1O[C@H](CO)[C@@H](O)[C@H](O)[C@H]1O. The predicted molar refractivity (Wildman–Crippen MR) is 220 cm³/mol. The zero-order chi connectivity index (χ0) is 45.9. The zero-order valence-electron chi connectivity index (χ0n) is 37.2. The Morgan fingerprint density at radius 3 is 1.86 bits per heavy atom. The Morgan fingerprint density at radius 1 is 0.667 bits per heavy atom. The van der Waals surface area contributed by atoms with Gasteiger partial charge in [0.2, 0.25) is 0 Å². The fourth-order valence-electron chi connectivity index (χ4n) is 13.1. The largest absolute Gasteiger partial charge is 0.394 e. The topological polar surface area (TPSA) is 298 Å². The van der Waals surface area contributed by atoms with Crippen molar-refractivity contribution >= 4 is 0 Å². The molecule has 12 N–H and O–H groups in total. The highest BCUT2D eigenvalue weighted by Gasteiger charge is 2.62. The van der Waals surface area contributed by atoms with Crippen LogP contribution in [0.15, 0.2) is 11.6 Å². The van der Waals surface area contributed by atoms with Crippen molar-refractivity contribution in [2.24, 2.45) is 46.3 Å². The van der Waals surface area contributed by atoms with E-state index in [-0.39, 0.29) is 40.8 Å². The first kappa shape index (κ1) is 49.9. The van der Waals surface area contributed by atoms with Crippen molar-refractivity contribution < 1.29 is 89.7 Å². The van der Waals surface area contributed by atoms with Gasteiger partial charge in [-0.05, 0) is 104 Å². The number of aliphatic hydroxyl groups is 12. The molecule has 18 nitrogen and oxygen atoms in total. The molecule has 0 aromatic rings. The Kier molecular flexibility index (Phi) is 15.8. The van der Waals surface area contributed by atoms with Crippen molar-refractivity contribution in [3.05, 3.63) is 11.6 Å². The standard InChI is InChI=1S/C45H76O18/c1-19(2)27(60-43-40(57)36(53)33(50)29(17-47)62-43)9-6-20(3)31-26(48)15-25-23-8-7-21-14-22(10-12-44(21,4)24(23)11-13-45(25,31)5)59-42-39(56)37(54)34(51)30(63-42)18-58-41-38(55)35(52)32(49)28(16-46)61-41/h7,19-20,22-43,46-57H,6,8-18H2,1-5H3/t20-,22+,23-,24+,25+,26+,27?,28-,29-,30-,31+,32-,33-,34-,35+,36+,37+,38-,39-,40-,41-,42-,43-,44+,45+/m1/s1. The Morgan fingerprint density at radius 2 is 1.24 bits per heavy atom. The lowest BCUT2D eigenvalue weighted by atomic mass is 9.47. The smallest absolute Gasteiger partial charge is 0.186 e. The van der Waals surface area contributed by atoms with Crippen molar-refractivity contribution in [1.29, 1.82) is 0 Å². The third-order valence-electron chi connectivity index (χ3n) is 16.9. The molecular formula is C45H76O18. The highest BCUT2D eigenvalue weighted by Crippen LogP contribution is 2.67. The molecule has 3 heterocycles. The molecule has 63 heavy (non-hydrogen) atoms. The van der Waals surface area contributed by atoms with Gasteiger partial charge in [-0.25, -0.2) is 0 Å². The molecule has 18 heteroatoms. The van der Waals surface area contributed by atoms with Gasteiger partial charge in [0.1, 0.15) is 73.2 Å². The van der Waals surface area contributed by atoms with Crippen LogP contribution in [0.5, 0.6) is 0 Å². The van der Waals surface area contributed by atoms with Crippen LogP contribution in [0.25, 0.3) is 0 Å². The summed E-state index contributed by atoms with van der Waals surface area (Å²) in [6, 6.07) is 0. The van der Waals surface area contributed by atoms with Gasteiger partial charge >= 0.3 is 0 Å². The van der Waals surface area contributed by atoms with Crippen LogP contribution in [0.2, 0.25) is 0 Å². The van der Waals surface area contributed by atoms with Crippen molar-refractivity contribution in [3.8, 4) is 0 Å². The number of aliphatic hydroxyl groups excluding tert-OH is 12. The maximum atomic E-state index is 11.8. The molecule has 0 radical (unpaired) electrons. The van der Waals surface area contributed by atoms with Crippen LogP contribution >= 0.6 is 0 Å². The first-order valence-corrected chi connectivity index (χ1v) is 23.4. The fraction of sp³-hybridized carbons (Fsp3) is 0.956. The average molecular weight is 905 g/mol. The number of hydrogen-bond donors (Lipinski definition) is 12. The van der Waals surface area contributed by atoms with E-state index in [1.807, 2.05) is 13.8 Å². The van der Waals surface area contributed by atoms with Gasteiger partial charge in [-0.1, -0.05) is 46.3 Å². The van der Waals surface area contributed by atoms with Gasteiger partial charge < -0.3 is 89.7 Å². The van der Waals surface area contributed by atoms with Crippen LogP contribution in [0.4, 0.5) is 0 Å². The van der Waals surface area contributed by atoms with Gasteiger partial charge in [-0.3, -0.25) is 0 Å². The van der Waals surface area contributed by atoms with Crippen LogP contribution in [0.3, 0.4) is 0 Å². The van der Waals surface area contributed by atoms with Crippen LogP contribution < -0.4 is 0 Å². The molecule has 7 aliphatic rings. The van der Waals surface area contributed by atoms with Crippen molar-refractivity contribution in [3.63, 3.8) is 0 Å². The monoisotopic (exact) mass is 905 g/mol. The second-order valence-electron chi connectivity index (χ2n) is 20.8. The van der Waals surface area contributed by atoms with Crippen molar-refractivity contribution in [2.45, 2.75) is 203 Å². The molecule has 0 aromatic carbocycles. The lowest BCUT2D eigenvalue weighted by Gasteiger charge is -2.58. The maximum absolute atomic E-state index is 11.8. The third-order valence-corrected chi connectivity index (χ3v) is 16.9. The summed E-state index contributed by atoms with van der Waals surface area (Å²) >= 11 is 0. The molecule has 0 amide bonds. The Labute approximate surface area is 369 Å².